The molecule has 1 amide bonds. The number of carbonyl (C=O) groups excluding carboxylic acids is 1. The maximum Gasteiger partial charge on any atom is 0.223 e. The molecular formula is C19H27FN2O2. The van der Waals surface area contributed by atoms with Crippen molar-refractivity contribution in [3.05, 3.63) is 41.7 Å². The number of benzene rings is 1. The van der Waals surface area contributed by atoms with Crippen LogP contribution in [0.2, 0.25) is 0 Å². The summed E-state index contributed by atoms with van der Waals surface area (Å²) in [5.41, 5.74) is 0.463. The van der Waals surface area contributed by atoms with E-state index in [0.717, 1.165) is 19.0 Å². The lowest BCUT2D eigenvalue weighted by atomic mass is 9.99. The van der Waals surface area contributed by atoms with Gasteiger partial charge in [0, 0.05) is 25.1 Å². The van der Waals surface area contributed by atoms with Gasteiger partial charge in [0.25, 0.3) is 0 Å². The van der Waals surface area contributed by atoms with Crippen LogP contribution in [0.4, 0.5) is 4.39 Å². The number of rotatable bonds is 7. The maximum absolute atomic E-state index is 13.4. The van der Waals surface area contributed by atoms with Gasteiger partial charge in [-0.2, -0.15) is 0 Å². The van der Waals surface area contributed by atoms with Crippen LogP contribution in [-0.2, 0) is 4.79 Å². The molecule has 24 heavy (non-hydrogen) atoms. The summed E-state index contributed by atoms with van der Waals surface area (Å²) < 4.78 is 13.4. The number of likely N-dealkylation sites (tertiary alicyclic amines) is 1. The molecule has 0 aliphatic carbocycles. The molecule has 0 aromatic heterocycles. The molecule has 1 saturated heterocycles. The van der Waals surface area contributed by atoms with Crippen LogP contribution in [0.15, 0.2) is 30.3 Å². The fourth-order valence-corrected chi connectivity index (χ4v) is 2.81. The van der Waals surface area contributed by atoms with Crippen LogP contribution in [0, 0.1) is 11.7 Å². The highest BCUT2D eigenvalue weighted by Crippen LogP contribution is 2.15. The Hall–Kier alpha value is -1.72. The van der Waals surface area contributed by atoms with Crippen molar-refractivity contribution in [2.24, 2.45) is 5.92 Å². The van der Waals surface area contributed by atoms with E-state index in [1.165, 1.54) is 18.9 Å². The predicted molar refractivity (Wildman–Crippen MR) is 93.9 cm³/mol. The first kappa shape index (κ1) is 18.6. The summed E-state index contributed by atoms with van der Waals surface area (Å²) in [4.78, 5) is 14.0. The summed E-state index contributed by atoms with van der Waals surface area (Å²) in [6.07, 6.45) is 5.17. The Morgan fingerprint density at radius 2 is 2.12 bits per heavy atom. The average molecular weight is 334 g/mol. The van der Waals surface area contributed by atoms with Gasteiger partial charge in [0.05, 0.1) is 6.10 Å². The molecule has 0 radical (unpaired) electrons. The van der Waals surface area contributed by atoms with Crippen molar-refractivity contribution in [2.75, 3.05) is 26.2 Å². The number of aliphatic hydroxyl groups excluding tert-OH is 1. The van der Waals surface area contributed by atoms with Gasteiger partial charge in [-0.1, -0.05) is 37.3 Å². The van der Waals surface area contributed by atoms with E-state index in [0.29, 0.717) is 12.1 Å². The number of piperidine rings is 1. The van der Waals surface area contributed by atoms with Gasteiger partial charge in [0.1, 0.15) is 5.82 Å². The minimum absolute atomic E-state index is 0.169. The second-order valence-corrected chi connectivity index (χ2v) is 6.57. The number of β-amino-alcohol motifs (C(OH)–C–C–N with tert-alkyl or cyclic N) is 1. The first-order chi connectivity index (χ1) is 11.5. The van der Waals surface area contributed by atoms with E-state index < -0.39 is 6.10 Å². The molecule has 0 bridgehead atoms. The van der Waals surface area contributed by atoms with Gasteiger partial charge in [0.2, 0.25) is 5.91 Å². The third-order valence-corrected chi connectivity index (χ3v) is 4.39. The molecule has 1 aliphatic rings. The highest BCUT2D eigenvalue weighted by atomic mass is 19.1. The summed E-state index contributed by atoms with van der Waals surface area (Å²) in [7, 11) is 0. The third kappa shape index (κ3) is 6.42. The number of carbonyl (C=O) groups is 1. The van der Waals surface area contributed by atoms with Gasteiger partial charge in [-0.25, -0.2) is 4.39 Å². The predicted octanol–water partition coefficient (Wildman–Crippen LogP) is 2.44. The summed E-state index contributed by atoms with van der Waals surface area (Å²) in [6, 6.07) is 6.43. The van der Waals surface area contributed by atoms with Gasteiger partial charge >= 0.3 is 0 Å². The molecule has 5 heteroatoms. The zero-order chi connectivity index (χ0) is 17.4. The Kier molecular flexibility index (Phi) is 7.40. The molecule has 2 N–H and O–H groups in total. The van der Waals surface area contributed by atoms with Crippen LogP contribution < -0.4 is 5.32 Å². The molecule has 1 aromatic carbocycles. The van der Waals surface area contributed by atoms with Gasteiger partial charge < -0.3 is 15.3 Å². The first-order valence-corrected chi connectivity index (χ1v) is 8.63. The molecular weight excluding hydrogens is 307 g/mol. The van der Waals surface area contributed by atoms with Crippen LogP contribution in [0.1, 0.15) is 31.7 Å². The standard InChI is InChI=1S/C19H27FN2O2/c1-15-9-11-22(12-10-15)14-17(23)13-21-19(24)8-4-6-16-5-2-3-7-18(16)20/h2-7,15,17,23H,8-14H2,1H3,(H,21,24)/b6-4+. The maximum atomic E-state index is 13.4. The molecule has 2 rings (SSSR count). The zero-order valence-electron chi connectivity index (χ0n) is 14.2. The highest BCUT2D eigenvalue weighted by Gasteiger charge is 2.18. The quantitative estimate of drug-likeness (QED) is 0.805. The number of halogens is 1. The fourth-order valence-electron chi connectivity index (χ4n) is 2.81. The zero-order valence-corrected chi connectivity index (χ0v) is 14.2. The smallest absolute Gasteiger partial charge is 0.223 e. The lowest BCUT2D eigenvalue weighted by Gasteiger charge is -2.31. The van der Waals surface area contributed by atoms with Crippen molar-refractivity contribution in [1.82, 2.24) is 10.2 Å². The Bertz CT molecular complexity index is 554. The Balaban J connectivity index is 1.64. The summed E-state index contributed by atoms with van der Waals surface area (Å²) in [6.45, 7) is 5.12. The van der Waals surface area contributed by atoms with E-state index in [9.17, 15) is 14.3 Å². The van der Waals surface area contributed by atoms with E-state index in [1.807, 2.05) is 0 Å². The Morgan fingerprint density at radius 3 is 2.83 bits per heavy atom. The number of amides is 1. The molecule has 1 aromatic rings. The molecule has 1 heterocycles. The minimum atomic E-state index is -0.557. The van der Waals surface area contributed by atoms with Crippen LogP contribution in [0.5, 0.6) is 0 Å². The normalized spacial score (nSPS) is 18.0. The monoisotopic (exact) mass is 334 g/mol. The van der Waals surface area contributed by atoms with Crippen LogP contribution >= 0.6 is 0 Å². The van der Waals surface area contributed by atoms with Crippen molar-refractivity contribution in [1.29, 1.82) is 0 Å². The molecule has 1 fully saturated rings. The molecule has 1 unspecified atom stereocenters. The second-order valence-electron chi connectivity index (χ2n) is 6.57. The average Bonchev–Trinajstić information content (AvgIpc) is 2.57. The number of hydrogen-bond acceptors (Lipinski definition) is 3. The van der Waals surface area contributed by atoms with Crippen LogP contribution in [0.3, 0.4) is 0 Å². The van der Waals surface area contributed by atoms with E-state index in [2.05, 4.69) is 17.1 Å². The molecule has 0 saturated carbocycles. The van der Waals surface area contributed by atoms with Crippen LogP contribution in [-0.4, -0.2) is 48.2 Å². The Morgan fingerprint density at radius 1 is 1.42 bits per heavy atom. The number of nitrogens with zero attached hydrogens (tertiary/aromatic N) is 1. The summed E-state index contributed by atoms with van der Waals surface area (Å²) in [5, 5.41) is 12.8. The molecule has 1 aliphatic heterocycles. The number of nitrogens with one attached hydrogen (secondary N) is 1. The van der Waals surface area contributed by atoms with Crippen molar-refractivity contribution in [3.63, 3.8) is 0 Å². The molecule has 1 atom stereocenters. The van der Waals surface area contributed by atoms with Gasteiger partial charge in [-0.15, -0.1) is 0 Å². The lowest BCUT2D eigenvalue weighted by molar-refractivity contribution is -0.120. The topological polar surface area (TPSA) is 52.6 Å². The van der Waals surface area contributed by atoms with Gasteiger partial charge in [0.15, 0.2) is 0 Å². The molecule has 0 spiro atoms. The number of aliphatic hydroxyl groups is 1. The lowest BCUT2D eigenvalue weighted by Crippen LogP contribution is -2.42. The van der Waals surface area contributed by atoms with Crippen LogP contribution in [0.25, 0.3) is 6.08 Å². The minimum Gasteiger partial charge on any atom is -0.390 e. The molecule has 132 valence electrons. The van der Waals surface area contributed by atoms with E-state index in [1.54, 1.807) is 30.4 Å². The van der Waals surface area contributed by atoms with Crippen molar-refractivity contribution >= 4 is 12.0 Å². The third-order valence-electron chi connectivity index (χ3n) is 4.39. The fraction of sp³-hybridized carbons (Fsp3) is 0.526. The Labute approximate surface area is 143 Å². The van der Waals surface area contributed by atoms with Gasteiger partial charge in [-0.3, -0.25) is 4.79 Å². The summed E-state index contributed by atoms with van der Waals surface area (Å²) in [5.74, 6) is 0.286. The number of hydrogen-bond donors (Lipinski definition) is 2. The van der Waals surface area contributed by atoms with Crippen molar-refractivity contribution in [3.8, 4) is 0 Å². The van der Waals surface area contributed by atoms with E-state index >= 15 is 0 Å². The second kappa shape index (κ2) is 9.55. The first-order valence-electron chi connectivity index (χ1n) is 8.63. The van der Waals surface area contributed by atoms with E-state index in [4.69, 9.17) is 0 Å². The largest absolute Gasteiger partial charge is 0.390 e. The highest BCUT2D eigenvalue weighted by molar-refractivity contribution is 5.78. The van der Waals surface area contributed by atoms with Gasteiger partial charge in [-0.05, 0) is 37.9 Å². The molecule has 4 nitrogen and oxygen atoms in total. The van der Waals surface area contributed by atoms with Crippen molar-refractivity contribution in [2.45, 2.75) is 32.3 Å². The van der Waals surface area contributed by atoms with Crippen molar-refractivity contribution < 1.29 is 14.3 Å². The SMILES string of the molecule is CC1CCN(CC(O)CNC(=O)C/C=C/c2ccccc2F)CC1. The summed E-state index contributed by atoms with van der Waals surface area (Å²) >= 11 is 0. The van der Waals surface area contributed by atoms with E-state index in [-0.39, 0.29) is 24.7 Å².